The fourth-order valence-electron chi connectivity index (χ4n) is 4.19. The van der Waals surface area contributed by atoms with Gasteiger partial charge in [0.1, 0.15) is 24.1 Å². The third-order valence-corrected chi connectivity index (χ3v) is 8.71. The van der Waals surface area contributed by atoms with E-state index in [2.05, 4.69) is 23.7 Å². The molecule has 5 N–H and O–H groups in total. The second-order valence-electron chi connectivity index (χ2n) is 9.38. The van der Waals surface area contributed by atoms with E-state index in [1.807, 2.05) is 42.5 Å². The molecule has 0 aliphatic carbocycles. The van der Waals surface area contributed by atoms with E-state index in [-0.39, 0.29) is 12.2 Å². The molecule has 0 spiro atoms. The summed E-state index contributed by atoms with van der Waals surface area (Å²) < 4.78 is 43.5. The normalized spacial score (nSPS) is 23.8. The molecular weight excluding hydrogens is 584 g/mol. The van der Waals surface area contributed by atoms with Crippen LogP contribution in [-0.2, 0) is 38.4 Å². The van der Waals surface area contributed by atoms with Crippen LogP contribution >= 0.6 is 15.6 Å². The average Bonchev–Trinajstić information content (AvgIpc) is 3.15. The molecule has 41 heavy (non-hydrogen) atoms. The van der Waals surface area contributed by atoms with Crippen LogP contribution in [0.1, 0.15) is 25.6 Å². The minimum Gasteiger partial charge on any atom is -0.387 e. The second-order valence-corrected chi connectivity index (χ2v) is 12.4. The van der Waals surface area contributed by atoms with E-state index in [4.69, 9.17) is 4.74 Å². The Labute approximate surface area is 233 Å². The Kier molecular flexibility index (Phi) is 9.56. The molecule has 222 valence electrons. The Morgan fingerprint density at radius 2 is 1.78 bits per heavy atom. The predicted octanol–water partition coefficient (Wildman–Crippen LogP) is 1.86. The first-order chi connectivity index (χ1) is 19.2. The van der Waals surface area contributed by atoms with Crippen LogP contribution in [0, 0.1) is 0 Å². The van der Waals surface area contributed by atoms with Crippen LogP contribution in [0.15, 0.2) is 59.5 Å². The van der Waals surface area contributed by atoms with Crippen molar-refractivity contribution in [2.75, 3.05) is 11.9 Å². The Morgan fingerprint density at radius 3 is 2.49 bits per heavy atom. The van der Waals surface area contributed by atoms with Gasteiger partial charge in [0.2, 0.25) is 5.91 Å². The highest BCUT2D eigenvalue weighted by atomic mass is 31.3. The SMILES string of the molecule is CC(C)OP(=O)(O)OP(=O)(O)OC[C@H]1O[C@@H](n2ccc(NC(=O)Cc3cccc4ccccc34)nc2=O)C(O)[C@H]1O. The minimum atomic E-state index is -5.16. The van der Waals surface area contributed by atoms with E-state index in [1.165, 1.54) is 26.1 Å². The van der Waals surface area contributed by atoms with Gasteiger partial charge in [0.25, 0.3) is 0 Å². The van der Waals surface area contributed by atoms with E-state index in [1.54, 1.807) is 0 Å². The smallest absolute Gasteiger partial charge is 0.387 e. The maximum atomic E-state index is 12.7. The van der Waals surface area contributed by atoms with Gasteiger partial charge in [-0.2, -0.15) is 9.29 Å². The van der Waals surface area contributed by atoms with Gasteiger partial charge in [-0.05, 0) is 36.2 Å². The Morgan fingerprint density at radius 1 is 1.07 bits per heavy atom. The molecule has 0 bridgehead atoms. The lowest BCUT2D eigenvalue weighted by molar-refractivity contribution is -0.115. The summed E-state index contributed by atoms with van der Waals surface area (Å²) in [6.45, 7) is 1.92. The van der Waals surface area contributed by atoms with Crippen molar-refractivity contribution in [3.8, 4) is 0 Å². The van der Waals surface area contributed by atoms with Crippen molar-refractivity contribution >= 4 is 38.1 Å². The number of hydrogen-bond donors (Lipinski definition) is 5. The molecule has 1 amide bonds. The molecule has 1 saturated heterocycles. The fourth-order valence-corrected chi connectivity index (χ4v) is 6.44. The molecule has 2 aromatic carbocycles. The van der Waals surface area contributed by atoms with Crippen molar-refractivity contribution in [1.29, 1.82) is 0 Å². The first kappa shape index (κ1) is 31.1. The van der Waals surface area contributed by atoms with Crippen molar-refractivity contribution in [3.63, 3.8) is 0 Å². The molecule has 1 fully saturated rings. The zero-order valence-electron chi connectivity index (χ0n) is 21.8. The number of ether oxygens (including phenoxy) is 1. The van der Waals surface area contributed by atoms with Crippen molar-refractivity contribution in [3.05, 3.63) is 70.8 Å². The van der Waals surface area contributed by atoms with E-state index >= 15 is 0 Å². The van der Waals surface area contributed by atoms with Crippen LogP contribution in [0.4, 0.5) is 5.82 Å². The van der Waals surface area contributed by atoms with Crippen LogP contribution in [0.5, 0.6) is 0 Å². The van der Waals surface area contributed by atoms with E-state index in [0.29, 0.717) is 0 Å². The van der Waals surface area contributed by atoms with Crippen molar-refractivity contribution in [2.45, 2.75) is 50.9 Å². The van der Waals surface area contributed by atoms with Crippen LogP contribution in [0.2, 0.25) is 0 Å². The summed E-state index contributed by atoms with van der Waals surface area (Å²) in [6, 6.07) is 14.5. The molecule has 0 radical (unpaired) electrons. The molecule has 3 unspecified atom stereocenters. The first-order valence-electron chi connectivity index (χ1n) is 12.3. The third-order valence-electron chi connectivity index (χ3n) is 5.89. The monoisotopic (exact) mass is 613 g/mol. The first-order valence-corrected chi connectivity index (χ1v) is 15.3. The lowest BCUT2D eigenvalue weighted by Gasteiger charge is -2.20. The predicted molar refractivity (Wildman–Crippen MR) is 144 cm³/mol. The highest BCUT2D eigenvalue weighted by molar-refractivity contribution is 7.61. The van der Waals surface area contributed by atoms with Crippen LogP contribution < -0.4 is 11.0 Å². The van der Waals surface area contributed by atoms with Crippen molar-refractivity contribution in [2.24, 2.45) is 0 Å². The topological polar surface area (TPSA) is 216 Å². The van der Waals surface area contributed by atoms with E-state index in [9.17, 15) is 38.7 Å². The van der Waals surface area contributed by atoms with Gasteiger partial charge in [0.15, 0.2) is 6.23 Å². The lowest BCUT2D eigenvalue weighted by atomic mass is 10.0. The summed E-state index contributed by atoms with van der Waals surface area (Å²) >= 11 is 0. The number of aliphatic hydroxyl groups excluding tert-OH is 2. The molecule has 17 heteroatoms. The van der Waals surface area contributed by atoms with Crippen LogP contribution in [0.3, 0.4) is 0 Å². The number of carbonyl (C=O) groups excluding carboxylic acids is 1. The van der Waals surface area contributed by atoms with Gasteiger partial charge in [-0.25, -0.2) is 13.9 Å². The summed E-state index contributed by atoms with van der Waals surface area (Å²) in [6.07, 6.45) is -5.92. The van der Waals surface area contributed by atoms with Gasteiger partial charge < -0.3 is 30.1 Å². The number of phosphoric acid groups is 2. The van der Waals surface area contributed by atoms with E-state index in [0.717, 1.165) is 20.9 Å². The Hall–Kier alpha value is -2.81. The molecule has 6 atom stereocenters. The molecule has 1 aliphatic heterocycles. The number of benzene rings is 2. The number of fused-ring (bicyclic) bond motifs is 1. The molecule has 0 saturated carbocycles. The standard InChI is InChI=1S/C24H29N3O12P2/c1-14(2)38-41(34,35)39-40(32,33)36-13-18-21(29)22(30)23(37-18)27-11-10-19(26-24(27)31)25-20(28)12-16-8-5-7-15-6-3-4-9-17(15)16/h3-11,14,18,21-23,29-30H,12-13H2,1-2H3,(H,32,33)(H,34,35)(H,25,26,28,31)/t18-,21+,22?,23-/m1/s1. The molecule has 2 heterocycles. The Bertz CT molecular complexity index is 1560. The molecule has 15 nitrogen and oxygen atoms in total. The summed E-state index contributed by atoms with van der Waals surface area (Å²) in [5, 5.41) is 25.2. The number of anilines is 1. The molecule has 1 aliphatic rings. The minimum absolute atomic E-state index is 0.0260. The number of carbonyl (C=O) groups is 1. The molecule has 1 aromatic heterocycles. The fraction of sp³-hybridized carbons (Fsp3) is 0.375. The maximum absolute atomic E-state index is 12.7. The van der Waals surface area contributed by atoms with Gasteiger partial charge in [0.05, 0.1) is 19.1 Å². The summed E-state index contributed by atoms with van der Waals surface area (Å²) in [5.41, 5.74) is -0.153. The second kappa shape index (κ2) is 12.6. The zero-order valence-corrected chi connectivity index (χ0v) is 23.6. The van der Waals surface area contributed by atoms with Gasteiger partial charge in [-0.3, -0.25) is 18.4 Å². The van der Waals surface area contributed by atoms with Gasteiger partial charge in [-0.15, -0.1) is 0 Å². The number of aromatic nitrogens is 2. The van der Waals surface area contributed by atoms with Gasteiger partial charge >= 0.3 is 21.3 Å². The highest BCUT2D eigenvalue weighted by Crippen LogP contribution is 2.61. The maximum Gasteiger partial charge on any atom is 0.481 e. The van der Waals surface area contributed by atoms with Crippen molar-refractivity contribution in [1.82, 2.24) is 9.55 Å². The quantitative estimate of drug-likeness (QED) is 0.195. The number of phosphoric ester groups is 2. The number of amides is 1. The molecular formula is C24H29N3O12P2. The highest BCUT2D eigenvalue weighted by Gasteiger charge is 2.46. The van der Waals surface area contributed by atoms with Crippen molar-refractivity contribution < 1.29 is 52.0 Å². The van der Waals surface area contributed by atoms with Gasteiger partial charge in [0, 0.05) is 6.20 Å². The summed E-state index contributed by atoms with van der Waals surface area (Å²) in [7, 11) is -10.1. The zero-order chi connectivity index (χ0) is 29.9. The van der Waals surface area contributed by atoms with Crippen LogP contribution in [0.25, 0.3) is 10.8 Å². The molecule has 3 aromatic rings. The summed E-state index contributed by atoms with van der Waals surface area (Å²) in [5.74, 6) is -0.475. The largest absolute Gasteiger partial charge is 0.481 e. The lowest BCUT2D eigenvalue weighted by Crippen LogP contribution is -2.36. The van der Waals surface area contributed by atoms with Gasteiger partial charge in [-0.1, -0.05) is 42.5 Å². The Balaban J connectivity index is 1.38. The number of nitrogens with zero attached hydrogens (tertiary/aromatic N) is 2. The molecule has 4 rings (SSSR count). The number of hydrogen-bond acceptors (Lipinski definition) is 11. The number of rotatable bonds is 11. The van der Waals surface area contributed by atoms with Crippen LogP contribution in [-0.4, -0.2) is 66.5 Å². The van der Waals surface area contributed by atoms with E-state index < -0.39 is 64.5 Å². The third kappa shape index (κ3) is 7.93. The summed E-state index contributed by atoms with van der Waals surface area (Å²) in [4.78, 5) is 48.4. The average molecular weight is 613 g/mol. The number of aliphatic hydroxyl groups is 2. The number of nitrogens with one attached hydrogen (secondary N) is 1.